The van der Waals surface area contributed by atoms with Gasteiger partial charge in [0.1, 0.15) is 11.8 Å². The summed E-state index contributed by atoms with van der Waals surface area (Å²) in [6, 6.07) is 14.8. The lowest BCUT2D eigenvalue weighted by atomic mass is 9.95. The lowest BCUT2D eigenvalue weighted by molar-refractivity contribution is -0.136. The highest BCUT2D eigenvalue weighted by molar-refractivity contribution is 6.05. The number of nitrogens with one attached hydrogen (secondary N) is 2. The maximum absolute atomic E-state index is 13.7. The molecule has 0 radical (unpaired) electrons. The zero-order valence-electron chi connectivity index (χ0n) is 30.3. The predicted molar refractivity (Wildman–Crippen MR) is 201 cm³/mol. The highest BCUT2D eigenvalue weighted by Crippen LogP contribution is 2.37. The molecule has 4 saturated heterocycles. The van der Waals surface area contributed by atoms with Crippen LogP contribution in [0.25, 0.3) is 11.3 Å². The van der Waals surface area contributed by atoms with E-state index in [1.165, 1.54) is 0 Å². The summed E-state index contributed by atoms with van der Waals surface area (Å²) < 4.78 is 0. The van der Waals surface area contributed by atoms with E-state index in [0.29, 0.717) is 61.9 Å². The highest BCUT2D eigenvalue weighted by Gasteiger charge is 2.40. The number of benzene rings is 2. The number of aromatic hydroxyl groups is 1. The minimum atomic E-state index is -0.603. The summed E-state index contributed by atoms with van der Waals surface area (Å²) in [5.41, 5.74) is 4.84. The normalized spacial score (nSPS) is 23.5. The molecule has 4 fully saturated rings. The lowest BCUT2D eigenvalue weighted by Gasteiger charge is -2.47. The molecule has 2 atom stereocenters. The van der Waals surface area contributed by atoms with Crippen LogP contribution in [0.1, 0.15) is 41.6 Å². The van der Waals surface area contributed by atoms with Crippen molar-refractivity contribution in [2.45, 2.75) is 44.3 Å². The second-order valence-electron chi connectivity index (χ2n) is 15.4. The molecule has 1 unspecified atom stereocenters. The van der Waals surface area contributed by atoms with Crippen LogP contribution in [0, 0.1) is 5.92 Å². The Labute approximate surface area is 313 Å². The molecule has 9 rings (SSSR count). The Kier molecular flexibility index (Phi) is 8.96. The second-order valence-corrected chi connectivity index (χ2v) is 15.4. The summed E-state index contributed by atoms with van der Waals surface area (Å²) in [4.78, 5) is 63.9. The molecule has 3 aromatic rings. The summed E-state index contributed by atoms with van der Waals surface area (Å²) in [5, 5.41) is 24.9. The number of piperazine rings is 2. The number of para-hydroxylation sites is 1. The van der Waals surface area contributed by atoms with E-state index in [2.05, 4.69) is 41.6 Å². The zero-order valence-corrected chi connectivity index (χ0v) is 30.3. The number of hydrogen-bond acceptors (Lipinski definition) is 11. The number of phenols is 1. The Balaban J connectivity index is 0.738. The van der Waals surface area contributed by atoms with Crippen molar-refractivity contribution in [3.05, 3.63) is 59.7 Å². The van der Waals surface area contributed by atoms with Crippen LogP contribution in [0.5, 0.6) is 5.75 Å². The van der Waals surface area contributed by atoms with Crippen LogP contribution in [0.2, 0.25) is 0 Å². The summed E-state index contributed by atoms with van der Waals surface area (Å²) in [6.07, 6.45) is 2.74. The summed E-state index contributed by atoms with van der Waals surface area (Å²) in [7, 11) is 0. The van der Waals surface area contributed by atoms with Crippen LogP contribution in [0.3, 0.4) is 0 Å². The molecule has 15 heteroatoms. The molecule has 0 spiro atoms. The smallest absolute Gasteiger partial charge is 0.320 e. The first-order valence-corrected chi connectivity index (χ1v) is 19.2. The third-order valence-corrected chi connectivity index (χ3v) is 12.2. The SMILES string of the molecule is O=C1CCC(N2Cc3ccc(N4CCC(CN5CCN(C(=O)N6CCN7c8cc(-c9ccccc9O)nnc8NC[C@H]7C6)CC5)CC4)cc3C2=O)C(=O)N1. The minimum Gasteiger partial charge on any atom is -0.507 e. The van der Waals surface area contributed by atoms with Crippen molar-refractivity contribution < 1.29 is 24.3 Å². The first kappa shape index (κ1) is 34.3. The van der Waals surface area contributed by atoms with Gasteiger partial charge in [-0.25, -0.2) is 4.79 Å². The van der Waals surface area contributed by atoms with Crippen molar-refractivity contribution in [1.29, 1.82) is 0 Å². The Morgan fingerprint density at radius 3 is 2.43 bits per heavy atom. The molecule has 282 valence electrons. The molecular formula is C39H46N10O5. The summed E-state index contributed by atoms with van der Waals surface area (Å²) >= 11 is 0. The van der Waals surface area contributed by atoms with Gasteiger partial charge in [-0.1, -0.05) is 18.2 Å². The van der Waals surface area contributed by atoms with E-state index in [9.17, 15) is 24.3 Å². The van der Waals surface area contributed by atoms with Gasteiger partial charge < -0.3 is 34.9 Å². The van der Waals surface area contributed by atoms with Crippen LogP contribution in [-0.2, 0) is 16.1 Å². The number of fused-ring (bicyclic) bond motifs is 4. The fraction of sp³-hybridized carbons (Fsp3) is 0.487. The number of hydrogen-bond donors (Lipinski definition) is 3. The lowest BCUT2D eigenvalue weighted by Crippen LogP contribution is -2.62. The van der Waals surface area contributed by atoms with E-state index in [1.54, 1.807) is 17.0 Å². The van der Waals surface area contributed by atoms with Gasteiger partial charge in [-0.05, 0) is 61.1 Å². The average molecular weight is 735 g/mol. The van der Waals surface area contributed by atoms with E-state index in [-0.39, 0.29) is 42.0 Å². The molecule has 6 aliphatic rings. The van der Waals surface area contributed by atoms with Crippen LogP contribution in [0.4, 0.5) is 22.0 Å². The Hall–Kier alpha value is -5.44. The second kappa shape index (κ2) is 14.1. The quantitative estimate of drug-likeness (QED) is 0.330. The van der Waals surface area contributed by atoms with Crippen molar-refractivity contribution in [1.82, 2.24) is 35.1 Å². The molecule has 3 N–H and O–H groups in total. The van der Waals surface area contributed by atoms with Gasteiger partial charge in [0.05, 0.1) is 17.4 Å². The fourth-order valence-corrected chi connectivity index (χ4v) is 9.08. The number of nitrogens with zero attached hydrogens (tertiary/aromatic N) is 8. The molecule has 1 aromatic heterocycles. The third kappa shape index (κ3) is 6.43. The molecule has 5 amide bonds. The largest absolute Gasteiger partial charge is 0.507 e. The molecule has 0 aliphatic carbocycles. The van der Waals surface area contributed by atoms with Gasteiger partial charge in [-0.2, -0.15) is 0 Å². The molecule has 7 heterocycles. The monoisotopic (exact) mass is 734 g/mol. The van der Waals surface area contributed by atoms with E-state index >= 15 is 0 Å². The number of imide groups is 1. The number of aromatic nitrogens is 2. The van der Waals surface area contributed by atoms with E-state index in [0.717, 1.165) is 81.4 Å². The number of carbonyl (C=O) groups is 4. The number of phenolic OH excluding ortho intramolecular Hbond substituents is 1. The van der Waals surface area contributed by atoms with Gasteiger partial charge in [0.25, 0.3) is 5.91 Å². The fourth-order valence-electron chi connectivity index (χ4n) is 9.08. The van der Waals surface area contributed by atoms with Crippen molar-refractivity contribution in [2.24, 2.45) is 5.92 Å². The van der Waals surface area contributed by atoms with E-state index in [4.69, 9.17) is 0 Å². The number of urea groups is 1. The highest BCUT2D eigenvalue weighted by atomic mass is 16.3. The van der Waals surface area contributed by atoms with Crippen molar-refractivity contribution >= 4 is 40.9 Å². The van der Waals surface area contributed by atoms with Crippen LogP contribution < -0.4 is 20.4 Å². The number of piperidine rings is 2. The van der Waals surface area contributed by atoms with Gasteiger partial charge in [-0.15, -0.1) is 10.2 Å². The molecule has 2 aromatic carbocycles. The predicted octanol–water partition coefficient (Wildman–Crippen LogP) is 2.18. The molecule has 0 bridgehead atoms. The molecule has 6 aliphatic heterocycles. The number of rotatable bonds is 5. The first-order chi connectivity index (χ1) is 26.3. The van der Waals surface area contributed by atoms with Crippen LogP contribution in [-0.4, -0.2) is 143 Å². The Morgan fingerprint density at radius 1 is 0.833 bits per heavy atom. The molecular weight excluding hydrogens is 688 g/mol. The topological polar surface area (TPSA) is 158 Å². The van der Waals surface area contributed by atoms with Gasteiger partial charge in [0.2, 0.25) is 11.8 Å². The first-order valence-electron chi connectivity index (χ1n) is 19.2. The average Bonchev–Trinajstić information content (AvgIpc) is 3.52. The maximum Gasteiger partial charge on any atom is 0.320 e. The number of carbonyl (C=O) groups excluding carboxylic acids is 4. The van der Waals surface area contributed by atoms with E-state index < -0.39 is 6.04 Å². The van der Waals surface area contributed by atoms with Crippen molar-refractivity contribution in [3.8, 4) is 17.0 Å². The molecule has 0 saturated carbocycles. The Morgan fingerprint density at radius 2 is 1.63 bits per heavy atom. The molecule has 15 nitrogen and oxygen atoms in total. The minimum absolute atomic E-state index is 0.115. The van der Waals surface area contributed by atoms with Gasteiger partial charge in [0, 0.05) is 102 Å². The summed E-state index contributed by atoms with van der Waals surface area (Å²) in [5.74, 6) is 0.673. The Bertz CT molecular complexity index is 1980. The van der Waals surface area contributed by atoms with E-state index in [1.807, 2.05) is 40.1 Å². The number of amides is 5. The van der Waals surface area contributed by atoms with Crippen LogP contribution >= 0.6 is 0 Å². The number of anilines is 3. The standard InChI is InChI=1S/C39H46N10O5/c50-34-4-2-1-3-29(34)31-20-33-36(43-42-31)40-21-28-24-47(17-18-48(28)33)39(54)46-15-13-44(14-16-46)22-25-9-11-45(12-10-25)27-6-5-26-23-49(38(53)30(26)19-27)32-7-8-35(51)41-37(32)52/h1-6,19-20,25,28,32,50H,7-18,21-24H2,(H,40,43)(H,41,51,52)/t28-,32?/m0/s1. The van der Waals surface area contributed by atoms with Crippen molar-refractivity contribution in [3.63, 3.8) is 0 Å². The van der Waals surface area contributed by atoms with Gasteiger partial charge in [-0.3, -0.25) is 24.6 Å². The third-order valence-electron chi connectivity index (χ3n) is 12.2. The molecule has 54 heavy (non-hydrogen) atoms. The van der Waals surface area contributed by atoms with Gasteiger partial charge >= 0.3 is 6.03 Å². The zero-order chi connectivity index (χ0) is 36.9. The van der Waals surface area contributed by atoms with Gasteiger partial charge in [0.15, 0.2) is 5.82 Å². The maximum atomic E-state index is 13.7. The van der Waals surface area contributed by atoms with Crippen LogP contribution in [0.15, 0.2) is 48.5 Å². The van der Waals surface area contributed by atoms with Crippen molar-refractivity contribution in [2.75, 3.05) is 87.1 Å². The summed E-state index contributed by atoms with van der Waals surface area (Å²) in [6.45, 7) is 9.10.